The van der Waals surface area contributed by atoms with Gasteiger partial charge in [0.2, 0.25) is 0 Å². The van der Waals surface area contributed by atoms with Crippen LogP contribution in [0.25, 0.3) is 0 Å². The minimum absolute atomic E-state index is 0.0492. The van der Waals surface area contributed by atoms with Crippen molar-refractivity contribution in [3.8, 4) is 29.4 Å². The molecule has 1 fully saturated rings. The molecule has 188 valence electrons. The van der Waals surface area contributed by atoms with E-state index in [-0.39, 0.29) is 24.4 Å². The monoisotopic (exact) mass is 470 g/mol. The van der Waals surface area contributed by atoms with Crippen molar-refractivity contribution in [1.29, 1.82) is 0 Å². The third-order valence-electron chi connectivity index (χ3n) is 5.88. The molecule has 0 unspecified atom stereocenters. The lowest BCUT2D eigenvalue weighted by molar-refractivity contribution is -0.156. The molecule has 4 atom stereocenters. The van der Waals surface area contributed by atoms with Gasteiger partial charge >= 0.3 is 0 Å². The molecule has 34 heavy (non-hydrogen) atoms. The molecule has 1 aliphatic heterocycles. The van der Waals surface area contributed by atoms with Crippen LogP contribution < -0.4 is 4.74 Å². The maximum absolute atomic E-state index is 6.16. The van der Waals surface area contributed by atoms with Crippen molar-refractivity contribution in [3.05, 3.63) is 29.8 Å². The van der Waals surface area contributed by atoms with E-state index in [1.165, 1.54) is 25.7 Å². The molecule has 0 amide bonds. The van der Waals surface area contributed by atoms with E-state index in [2.05, 4.69) is 37.5 Å². The van der Waals surface area contributed by atoms with Gasteiger partial charge in [-0.25, -0.2) is 0 Å². The largest absolute Gasteiger partial charge is 0.497 e. The van der Waals surface area contributed by atoms with Crippen LogP contribution >= 0.6 is 0 Å². The third-order valence-corrected chi connectivity index (χ3v) is 5.88. The van der Waals surface area contributed by atoms with Gasteiger partial charge in [-0.2, -0.15) is 0 Å². The van der Waals surface area contributed by atoms with Gasteiger partial charge in [0.1, 0.15) is 18.0 Å². The van der Waals surface area contributed by atoms with E-state index in [1.54, 1.807) is 14.2 Å². The second-order valence-electron chi connectivity index (χ2n) is 9.09. The Balaban J connectivity index is 1.94. The zero-order valence-corrected chi connectivity index (χ0v) is 21.8. The first-order valence-corrected chi connectivity index (χ1v) is 12.6. The van der Waals surface area contributed by atoms with Gasteiger partial charge in [-0.1, -0.05) is 69.9 Å². The Hall–Kier alpha value is -2.02. The Morgan fingerprint density at radius 3 is 2.35 bits per heavy atom. The van der Waals surface area contributed by atoms with Crippen LogP contribution in [0.5, 0.6) is 5.75 Å². The van der Waals surface area contributed by atoms with Crippen molar-refractivity contribution >= 4 is 0 Å². The fourth-order valence-electron chi connectivity index (χ4n) is 3.94. The highest BCUT2D eigenvalue weighted by Crippen LogP contribution is 2.32. The predicted molar refractivity (Wildman–Crippen MR) is 135 cm³/mol. The third kappa shape index (κ3) is 9.69. The molecule has 0 radical (unpaired) electrons. The summed E-state index contributed by atoms with van der Waals surface area (Å²) in [7, 11) is 3.40. The van der Waals surface area contributed by atoms with Gasteiger partial charge in [0.25, 0.3) is 0 Å². The second-order valence-corrected chi connectivity index (χ2v) is 9.09. The minimum atomic E-state index is -0.691. The molecule has 1 saturated heterocycles. The minimum Gasteiger partial charge on any atom is -0.497 e. The Labute approximate surface area is 206 Å². The van der Waals surface area contributed by atoms with Crippen molar-refractivity contribution in [2.45, 2.75) is 109 Å². The zero-order valence-electron chi connectivity index (χ0n) is 21.8. The summed E-state index contributed by atoms with van der Waals surface area (Å²) >= 11 is 0. The summed E-state index contributed by atoms with van der Waals surface area (Å²) in [6, 6.07) is 7.84. The lowest BCUT2D eigenvalue weighted by atomic mass is 10.0. The summed E-state index contributed by atoms with van der Waals surface area (Å²) in [5, 5.41) is 0. The predicted octanol–water partition coefficient (Wildman–Crippen LogP) is 5.89. The van der Waals surface area contributed by atoms with E-state index < -0.39 is 5.79 Å². The van der Waals surface area contributed by atoms with Crippen LogP contribution in [-0.4, -0.2) is 44.4 Å². The lowest BCUT2D eigenvalue weighted by Crippen LogP contribution is -2.36. The number of unbranched alkanes of at least 4 members (excludes halogenated alkanes) is 4. The quantitative estimate of drug-likeness (QED) is 0.266. The van der Waals surface area contributed by atoms with Gasteiger partial charge < -0.3 is 23.7 Å². The smallest absolute Gasteiger partial charge is 0.165 e. The van der Waals surface area contributed by atoms with Crippen LogP contribution in [-0.2, 0) is 25.6 Å². The number of rotatable bonds is 13. The van der Waals surface area contributed by atoms with Crippen LogP contribution in [0.4, 0.5) is 0 Å². The molecule has 0 N–H and O–H groups in total. The summed E-state index contributed by atoms with van der Waals surface area (Å²) in [4.78, 5) is 0. The van der Waals surface area contributed by atoms with Gasteiger partial charge in [-0.3, -0.25) is 0 Å². The Bertz CT molecular complexity index is 824. The molecule has 1 aromatic carbocycles. The topological polar surface area (TPSA) is 46.2 Å². The highest BCUT2D eigenvalue weighted by Gasteiger charge is 2.44. The fraction of sp³-hybridized carbons (Fsp3) is 0.655. The molecule has 1 heterocycles. The van der Waals surface area contributed by atoms with E-state index in [0.717, 1.165) is 30.6 Å². The highest BCUT2D eigenvalue weighted by atomic mass is 16.8. The molecule has 0 aromatic heterocycles. The zero-order chi connectivity index (χ0) is 24.8. The van der Waals surface area contributed by atoms with Crippen molar-refractivity contribution in [3.63, 3.8) is 0 Å². The average molecular weight is 471 g/mol. The number of hydrogen-bond donors (Lipinski definition) is 0. The van der Waals surface area contributed by atoms with E-state index in [1.807, 2.05) is 38.1 Å². The van der Waals surface area contributed by atoms with E-state index in [4.69, 9.17) is 23.7 Å². The number of hydrogen-bond acceptors (Lipinski definition) is 5. The maximum Gasteiger partial charge on any atom is 0.165 e. The molecule has 0 bridgehead atoms. The summed E-state index contributed by atoms with van der Waals surface area (Å²) in [5.41, 5.74) is 1.08. The van der Waals surface area contributed by atoms with Crippen molar-refractivity contribution < 1.29 is 23.7 Å². The molecular formula is C29H42O5. The normalized spacial score (nSPS) is 20.5. The molecule has 5 heteroatoms. The highest BCUT2D eigenvalue weighted by molar-refractivity contribution is 5.30. The van der Waals surface area contributed by atoms with Crippen LogP contribution in [0.3, 0.4) is 0 Å². The maximum atomic E-state index is 6.16. The van der Waals surface area contributed by atoms with Crippen molar-refractivity contribution in [2.24, 2.45) is 0 Å². The molecule has 2 rings (SSSR count). The molecule has 0 saturated carbocycles. The SMILES string of the molecule is CCCCCCC[C@H](OC)[C@H]1OC(C)(C)O[C@H]1C#CC#C[C@@H](CC)OCc1ccc(OC)cc1. The van der Waals surface area contributed by atoms with E-state index >= 15 is 0 Å². The van der Waals surface area contributed by atoms with Crippen LogP contribution in [0.2, 0.25) is 0 Å². The number of ether oxygens (including phenoxy) is 5. The standard InChI is InChI=1S/C29H42O5/c1-7-9-10-11-12-16-26(31-6)28-27(33-29(3,4)34-28)17-14-13-15-24(8-2)32-22-23-18-20-25(30-5)21-19-23/h18-21,24,26-28H,7-12,16,22H2,1-6H3/t24-,26+,27+,28-/m1/s1. The van der Waals surface area contributed by atoms with E-state index in [9.17, 15) is 0 Å². The number of methoxy groups -OCH3 is 2. The van der Waals surface area contributed by atoms with Gasteiger partial charge in [-0.05, 0) is 56.2 Å². The molecule has 5 nitrogen and oxygen atoms in total. The van der Waals surface area contributed by atoms with Crippen LogP contribution in [0, 0.1) is 23.7 Å². The first kappa shape index (κ1) is 28.2. The molecule has 0 aliphatic carbocycles. The van der Waals surface area contributed by atoms with Gasteiger partial charge in [-0.15, -0.1) is 0 Å². The molecule has 0 spiro atoms. The Kier molecular flexibility index (Phi) is 12.5. The summed E-state index contributed by atoms with van der Waals surface area (Å²) in [6.07, 6.45) is 7.00. The van der Waals surface area contributed by atoms with E-state index in [0.29, 0.717) is 6.61 Å². The molecular weight excluding hydrogens is 428 g/mol. The molecule has 1 aromatic rings. The Morgan fingerprint density at radius 1 is 0.971 bits per heavy atom. The average Bonchev–Trinajstić information content (AvgIpc) is 3.15. The number of benzene rings is 1. The molecule has 1 aliphatic rings. The Morgan fingerprint density at radius 2 is 1.71 bits per heavy atom. The van der Waals surface area contributed by atoms with Crippen LogP contribution in [0.15, 0.2) is 24.3 Å². The second kappa shape index (κ2) is 15.1. The van der Waals surface area contributed by atoms with Crippen molar-refractivity contribution in [1.82, 2.24) is 0 Å². The van der Waals surface area contributed by atoms with Gasteiger partial charge in [0.15, 0.2) is 11.9 Å². The summed E-state index contributed by atoms with van der Waals surface area (Å²) < 4.78 is 29.1. The summed E-state index contributed by atoms with van der Waals surface area (Å²) in [6.45, 7) is 8.61. The van der Waals surface area contributed by atoms with Crippen molar-refractivity contribution in [2.75, 3.05) is 14.2 Å². The van der Waals surface area contributed by atoms with Gasteiger partial charge in [0, 0.05) is 7.11 Å². The lowest BCUT2D eigenvalue weighted by Gasteiger charge is -2.24. The first-order valence-electron chi connectivity index (χ1n) is 12.6. The van der Waals surface area contributed by atoms with Crippen LogP contribution in [0.1, 0.15) is 78.2 Å². The first-order chi connectivity index (χ1) is 16.4. The van der Waals surface area contributed by atoms with Gasteiger partial charge in [0.05, 0.1) is 19.8 Å². The fourth-order valence-corrected chi connectivity index (χ4v) is 3.94. The summed E-state index contributed by atoms with van der Waals surface area (Å²) in [5.74, 6) is 12.3.